The number of allylic oxidation sites excluding steroid dienone is 1. The molecule has 3 rings (SSSR count). The summed E-state index contributed by atoms with van der Waals surface area (Å²) in [5.41, 5.74) is 0.967. The zero-order valence-electron chi connectivity index (χ0n) is 13.2. The van der Waals surface area contributed by atoms with E-state index < -0.39 is 4.92 Å². The molecule has 2 aromatic rings. The summed E-state index contributed by atoms with van der Waals surface area (Å²) in [6, 6.07) is 10.5. The van der Waals surface area contributed by atoms with E-state index in [1.165, 1.54) is 37.3 Å². The number of hydrogen-bond donors (Lipinski definition) is 0. The first-order valence-corrected chi connectivity index (χ1v) is 7.39. The SMILES string of the molecule is CC(=O)COc1ccc2c(c1)O/C(=C\c1ccc([N+](=O)[O-])cc1)C2=O. The van der Waals surface area contributed by atoms with Crippen molar-refractivity contribution in [3.8, 4) is 11.5 Å². The van der Waals surface area contributed by atoms with Crippen molar-refractivity contribution in [2.75, 3.05) is 6.61 Å². The Balaban J connectivity index is 1.81. The molecular formula is C18H13NO6. The van der Waals surface area contributed by atoms with Crippen LogP contribution < -0.4 is 9.47 Å². The first kappa shape index (κ1) is 16.4. The molecule has 0 saturated carbocycles. The molecule has 126 valence electrons. The average Bonchev–Trinajstić information content (AvgIpc) is 2.89. The maximum absolute atomic E-state index is 12.4. The van der Waals surface area contributed by atoms with E-state index in [9.17, 15) is 19.7 Å². The fourth-order valence-electron chi connectivity index (χ4n) is 2.29. The van der Waals surface area contributed by atoms with E-state index in [0.29, 0.717) is 22.6 Å². The average molecular weight is 339 g/mol. The minimum atomic E-state index is -0.493. The van der Waals surface area contributed by atoms with Crippen LogP contribution in [0, 0.1) is 10.1 Å². The number of nitrogens with zero attached hydrogens (tertiary/aromatic N) is 1. The van der Waals surface area contributed by atoms with Crippen LogP contribution in [-0.4, -0.2) is 23.1 Å². The van der Waals surface area contributed by atoms with Gasteiger partial charge in [-0.1, -0.05) is 0 Å². The number of ketones is 2. The molecule has 25 heavy (non-hydrogen) atoms. The second-order valence-corrected chi connectivity index (χ2v) is 5.44. The highest BCUT2D eigenvalue weighted by atomic mass is 16.6. The lowest BCUT2D eigenvalue weighted by Crippen LogP contribution is -2.06. The monoisotopic (exact) mass is 339 g/mol. The van der Waals surface area contributed by atoms with E-state index >= 15 is 0 Å². The summed E-state index contributed by atoms with van der Waals surface area (Å²) in [5.74, 6) is 0.493. The zero-order valence-corrected chi connectivity index (χ0v) is 13.2. The molecule has 1 aliphatic rings. The van der Waals surface area contributed by atoms with E-state index in [1.807, 2.05) is 0 Å². The molecule has 7 nitrogen and oxygen atoms in total. The van der Waals surface area contributed by atoms with E-state index in [2.05, 4.69) is 0 Å². The number of hydrogen-bond acceptors (Lipinski definition) is 6. The van der Waals surface area contributed by atoms with Crippen LogP contribution in [0.2, 0.25) is 0 Å². The first-order chi connectivity index (χ1) is 11.9. The Morgan fingerprint density at radius 3 is 2.60 bits per heavy atom. The van der Waals surface area contributed by atoms with Gasteiger partial charge in [-0.25, -0.2) is 0 Å². The van der Waals surface area contributed by atoms with Gasteiger partial charge in [0.15, 0.2) is 11.5 Å². The van der Waals surface area contributed by atoms with E-state index in [-0.39, 0.29) is 29.6 Å². The molecule has 0 radical (unpaired) electrons. The third-order valence-electron chi connectivity index (χ3n) is 3.49. The fourth-order valence-corrected chi connectivity index (χ4v) is 2.29. The number of carbonyl (C=O) groups is 2. The Morgan fingerprint density at radius 2 is 1.96 bits per heavy atom. The molecule has 7 heteroatoms. The van der Waals surface area contributed by atoms with E-state index in [4.69, 9.17) is 9.47 Å². The van der Waals surface area contributed by atoms with Crippen molar-refractivity contribution < 1.29 is 24.0 Å². The van der Waals surface area contributed by atoms with Crippen LogP contribution in [0.15, 0.2) is 48.2 Å². The number of Topliss-reactive ketones (excluding diaryl/α,β-unsaturated/α-hetero) is 2. The number of nitro groups is 1. The Bertz CT molecular complexity index is 898. The number of rotatable bonds is 5. The first-order valence-electron chi connectivity index (χ1n) is 7.39. The molecule has 0 atom stereocenters. The second kappa shape index (κ2) is 6.56. The van der Waals surface area contributed by atoms with Crippen LogP contribution in [0.5, 0.6) is 11.5 Å². The van der Waals surface area contributed by atoms with Crippen molar-refractivity contribution in [3.05, 3.63) is 69.5 Å². The highest BCUT2D eigenvalue weighted by molar-refractivity contribution is 6.14. The fraction of sp³-hybridized carbons (Fsp3) is 0.111. The van der Waals surface area contributed by atoms with Gasteiger partial charge >= 0.3 is 0 Å². The molecule has 0 saturated heterocycles. The third kappa shape index (κ3) is 3.55. The highest BCUT2D eigenvalue weighted by Gasteiger charge is 2.27. The Kier molecular flexibility index (Phi) is 4.30. The van der Waals surface area contributed by atoms with Crippen molar-refractivity contribution in [3.63, 3.8) is 0 Å². The van der Waals surface area contributed by atoms with Crippen LogP contribution in [0.3, 0.4) is 0 Å². The molecule has 0 aromatic heterocycles. The summed E-state index contributed by atoms with van der Waals surface area (Å²) in [6.45, 7) is 1.36. The lowest BCUT2D eigenvalue weighted by atomic mass is 10.1. The smallest absolute Gasteiger partial charge is 0.269 e. The van der Waals surface area contributed by atoms with Crippen molar-refractivity contribution in [1.29, 1.82) is 0 Å². The van der Waals surface area contributed by atoms with Crippen molar-refractivity contribution >= 4 is 23.3 Å². The van der Waals surface area contributed by atoms with Gasteiger partial charge in [-0.2, -0.15) is 0 Å². The largest absolute Gasteiger partial charge is 0.486 e. The second-order valence-electron chi connectivity index (χ2n) is 5.44. The minimum absolute atomic E-state index is 0.0311. The van der Waals surface area contributed by atoms with E-state index in [0.717, 1.165) is 0 Å². The normalized spacial score (nSPS) is 14.1. The lowest BCUT2D eigenvalue weighted by Gasteiger charge is -2.04. The summed E-state index contributed by atoms with van der Waals surface area (Å²) in [5, 5.41) is 10.7. The van der Waals surface area contributed by atoms with Gasteiger partial charge in [-0.05, 0) is 42.8 Å². The molecule has 0 aliphatic carbocycles. The van der Waals surface area contributed by atoms with Crippen LogP contribution in [-0.2, 0) is 4.79 Å². The maximum Gasteiger partial charge on any atom is 0.269 e. The zero-order chi connectivity index (χ0) is 18.0. The quantitative estimate of drug-likeness (QED) is 0.471. The van der Waals surface area contributed by atoms with Crippen LogP contribution in [0.4, 0.5) is 5.69 Å². The molecule has 0 spiro atoms. The number of nitro benzene ring substituents is 1. The van der Waals surface area contributed by atoms with Gasteiger partial charge in [0.25, 0.3) is 5.69 Å². The molecular weight excluding hydrogens is 326 g/mol. The van der Waals surface area contributed by atoms with Gasteiger partial charge in [0, 0.05) is 18.2 Å². The predicted octanol–water partition coefficient (Wildman–Crippen LogP) is 3.18. The van der Waals surface area contributed by atoms with Gasteiger partial charge in [0.2, 0.25) is 5.78 Å². The topological polar surface area (TPSA) is 95.7 Å². The molecule has 1 heterocycles. The number of fused-ring (bicyclic) bond motifs is 1. The van der Waals surface area contributed by atoms with Gasteiger partial charge in [-0.15, -0.1) is 0 Å². The number of non-ortho nitro benzene ring substituents is 1. The van der Waals surface area contributed by atoms with Crippen LogP contribution in [0.25, 0.3) is 6.08 Å². The summed E-state index contributed by atoms with van der Waals surface area (Å²) >= 11 is 0. The molecule has 0 amide bonds. The lowest BCUT2D eigenvalue weighted by molar-refractivity contribution is -0.384. The van der Waals surface area contributed by atoms with Crippen molar-refractivity contribution in [2.24, 2.45) is 0 Å². The van der Waals surface area contributed by atoms with Crippen LogP contribution in [0.1, 0.15) is 22.8 Å². The predicted molar refractivity (Wildman–Crippen MR) is 88.6 cm³/mol. The number of ether oxygens (including phenoxy) is 2. The van der Waals surface area contributed by atoms with Gasteiger partial charge in [0.05, 0.1) is 10.5 Å². The van der Waals surface area contributed by atoms with Crippen molar-refractivity contribution in [1.82, 2.24) is 0 Å². The Hall–Kier alpha value is -3.48. The Morgan fingerprint density at radius 1 is 1.24 bits per heavy atom. The van der Waals surface area contributed by atoms with E-state index in [1.54, 1.807) is 18.2 Å². The number of carbonyl (C=O) groups excluding carboxylic acids is 2. The van der Waals surface area contributed by atoms with Crippen LogP contribution >= 0.6 is 0 Å². The Labute approximate surface area is 142 Å². The molecule has 0 unspecified atom stereocenters. The minimum Gasteiger partial charge on any atom is -0.486 e. The summed E-state index contributed by atoms with van der Waals surface area (Å²) in [7, 11) is 0. The molecule has 1 aliphatic heterocycles. The molecule has 0 fully saturated rings. The standard InChI is InChI=1S/C18H13NO6/c1-11(20)10-24-14-6-7-15-16(9-14)25-17(18(15)21)8-12-2-4-13(5-3-12)19(22)23/h2-9H,10H2,1H3/b17-8-. The molecule has 0 bridgehead atoms. The summed E-state index contributed by atoms with van der Waals surface area (Å²) in [6.07, 6.45) is 1.52. The summed E-state index contributed by atoms with van der Waals surface area (Å²) < 4.78 is 10.9. The van der Waals surface area contributed by atoms with Gasteiger partial charge < -0.3 is 9.47 Å². The third-order valence-corrected chi connectivity index (χ3v) is 3.49. The molecule has 2 aromatic carbocycles. The highest BCUT2D eigenvalue weighted by Crippen LogP contribution is 2.35. The van der Waals surface area contributed by atoms with Gasteiger partial charge in [0.1, 0.15) is 18.1 Å². The van der Waals surface area contributed by atoms with Gasteiger partial charge in [-0.3, -0.25) is 19.7 Å². The molecule has 0 N–H and O–H groups in total. The summed E-state index contributed by atoms with van der Waals surface area (Å²) in [4.78, 5) is 33.5. The van der Waals surface area contributed by atoms with Crippen molar-refractivity contribution in [2.45, 2.75) is 6.92 Å². The maximum atomic E-state index is 12.4. The number of benzene rings is 2.